The Morgan fingerprint density at radius 3 is 2.50 bits per heavy atom. The average Bonchev–Trinajstić information content (AvgIpc) is 1.89. The second-order valence-electron chi connectivity index (χ2n) is 2.46. The van der Waals surface area contributed by atoms with E-state index >= 15 is 0 Å². The molecule has 0 amide bonds. The minimum atomic E-state index is 0.303. The van der Waals surface area contributed by atoms with Gasteiger partial charge in [-0.2, -0.15) is 0 Å². The van der Waals surface area contributed by atoms with Gasteiger partial charge in [0.05, 0.1) is 0 Å². The lowest BCUT2D eigenvalue weighted by Gasteiger charge is -2.07. The zero-order chi connectivity index (χ0) is 7.82. The van der Waals surface area contributed by atoms with Crippen LogP contribution in [0.3, 0.4) is 0 Å². The number of alkyl halides is 1. The summed E-state index contributed by atoms with van der Waals surface area (Å²) < 4.78 is 1.14. The van der Waals surface area contributed by atoms with Gasteiger partial charge in [0.2, 0.25) is 0 Å². The summed E-state index contributed by atoms with van der Waals surface area (Å²) in [5, 5.41) is 8.47. The molecule has 3 N–H and O–H groups in total. The summed E-state index contributed by atoms with van der Waals surface area (Å²) in [4.78, 5) is 0. The molecule has 0 radical (unpaired) electrons. The fraction of sp³-hybridized carbons (Fsp3) is 1.00. The van der Waals surface area contributed by atoms with Crippen molar-refractivity contribution < 1.29 is 5.11 Å². The SMILES string of the molecule is NC(CCI)CCCCO. The van der Waals surface area contributed by atoms with Gasteiger partial charge in [-0.05, 0) is 25.7 Å². The molecule has 2 nitrogen and oxygen atoms in total. The molecule has 0 saturated carbocycles. The molecule has 0 saturated heterocycles. The van der Waals surface area contributed by atoms with Crippen molar-refractivity contribution in [1.29, 1.82) is 0 Å². The Hall–Kier alpha value is 0.650. The Morgan fingerprint density at radius 2 is 2.00 bits per heavy atom. The highest BCUT2D eigenvalue weighted by atomic mass is 127. The van der Waals surface area contributed by atoms with Crippen molar-refractivity contribution in [2.45, 2.75) is 31.7 Å². The first-order valence-electron chi connectivity index (χ1n) is 3.73. The predicted octanol–water partition coefficient (Wildman–Crippen LogP) is 1.30. The molecule has 0 heterocycles. The number of aliphatic hydroxyl groups excluding tert-OH is 1. The summed E-state index contributed by atoms with van der Waals surface area (Å²) in [6.07, 6.45) is 4.12. The Kier molecular flexibility index (Phi) is 8.26. The van der Waals surface area contributed by atoms with Crippen LogP contribution in [0.2, 0.25) is 0 Å². The van der Waals surface area contributed by atoms with Gasteiger partial charge in [0.25, 0.3) is 0 Å². The van der Waals surface area contributed by atoms with Crippen molar-refractivity contribution in [2.24, 2.45) is 5.73 Å². The summed E-state index contributed by atoms with van der Waals surface area (Å²) in [6, 6.07) is 0.350. The average molecular weight is 257 g/mol. The molecule has 0 fully saturated rings. The van der Waals surface area contributed by atoms with Crippen LogP contribution in [0.5, 0.6) is 0 Å². The topological polar surface area (TPSA) is 46.2 Å². The number of hydrogen-bond donors (Lipinski definition) is 2. The molecule has 1 unspecified atom stereocenters. The molecule has 0 aliphatic heterocycles. The minimum absolute atomic E-state index is 0.303. The van der Waals surface area contributed by atoms with Gasteiger partial charge >= 0.3 is 0 Å². The van der Waals surface area contributed by atoms with Crippen LogP contribution in [0, 0.1) is 0 Å². The molecule has 0 aromatic rings. The van der Waals surface area contributed by atoms with Gasteiger partial charge in [0, 0.05) is 17.1 Å². The third-order valence-electron chi connectivity index (χ3n) is 1.46. The molecular weight excluding hydrogens is 241 g/mol. The van der Waals surface area contributed by atoms with Crippen molar-refractivity contribution in [3.8, 4) is 0 Å². The predicted molar refractivity (Wildman–Crippen MR) is 52.4 cm³/mol. The molecule has 0 aromatic carbocycles. The minimum Gasteiger partial charge on any atom is -0.396 e. The zero-order valence-corrected chi connectivity index (χ0v) is 8.38. The second kappa shape index (κ2) is 7.75. The van der Waals surface area contributed by atoms with Gasteiger partial charge in [-0.15, -0.1) is 0 Å². The number of unbranched alkanes of at least 4 members (excludes halogenated alkanes) is 1. The van der Waals surface area contributed by atoms with Crippen molar-refractivity contribution in [3.05, 3.63) is 0 Å². The normalized spacial score (nSPS) is 13.5. The maximum absolute atomic E-state index is 8.47. The molecule has 62 valence electrons. The van der Waals surface area contributed by atoms with E-state index in [4.69, 9.17) is 10.8 Å². The third-order valence-corrected chi connectivity index (χ3v) is 2.09. The molecule has 0 aliphatic carbocycles. The zero-order valence-electron chi connectivity index (χ0n) is 6.22. The summed E-state index contributed by atoms with van der Waals surface area (Å²) in [5.41, 5.74) is 5.74. The first-order chi connectivity index (χ1) is 4.81. The Bertz CT molecular complexity index is 70.6. The molecular formula is C7H16INO. The van der Waals surface area contributed by atoms with Crippen molar-refractivity contribution >= 4 is 22.6 Å². The highest BCUT2D eigenvalue weighted by Crippen LogP contribution is 2.03. The van der Waals surface area contributed by atoms with Crippen LogP contribution < -0.4 is 5.73 Å². The first-order valence-corrected chi connectivity index (χ1v) is 5.26. The van der Waals surface area contributed by atoms with Gasteiger partial charge in [-0.3, -0.25) is 0 Å². The van der Waals surface area contributed by atoms with Crippen LogP contribution in [0.15, 0.2) is 0 Å². The number of hydrogen-bond acceptors (Lipinski definition) is 2. The number of nitrogens with two attached hydrogens (primary N) is 1. The van der Waals surface area contributed by atoms with Crippen LogP contribution in [0.1, 0.15) is 25.7 Å². The summed E-state index contributed by atoms with van der Waals surface area (Å²) in [5.74, 6) is 0. The number of rotatable bonds is 6. The van der Waals surface area contributed by atoms with E-state index in [-0.39, 0.29) is 0 Å². The Labute approximate surface area is 76.3 Å². The van der Waals surface area contributed by atoms with E-state index in [1.54, 1.807) is 0 Å². The largest absolute Gasteiger partial charge is 0.396 e. The summed E-state index contributed by atoms with van der Waals surface area (Å²) in [6.45, 7) is 0.303. The molecule has 3 heteroatoms. The molecule has 0 aliphatic rings. The number of aliphatic hydroxyl groups is 1. The van der Waals surface area contributed by atoms with E-state index in [1.807, 2.05) is 0 Å². The van der Waals surface area contributed by atoms with Gasteiger partial charge in [-0.25, -0.2) is 0 Å². The van der Waals surface area contributed by atoms with Gasteiger partial charge < -0.3 is 10.8 Å². The van der Waals surface area contributed by atoms with E-state index in [0.29, 0.717) is 12.6 Å². The van der Waals surface area contributed by atoms with Gasteiger partial charge in [0.15, 0.2) is 0 Å². The lowest BCUT2D eigenvalue weighted by Crippen LogP contribution is -2.19. The molecule has 0 spiro atoms. The van der Waals surface area contributed by atoms with E-state index in [2.05, 4.69) is 22.6 Å². The summed E-state index contributed by atoms with van der Waals surface area (Å²) >= 11 is 2.33. The smallest absolute Gasteiger partial charge is 0.0431 e. The molecule has 0 bridgehead atoms. The lowest BCUT2D eigenvalue weighted by atomic mass is 10.1. The van der Waals surface area contributed by atoms with Crippen molar-refractivity contribution in [1.82, 2.24) is 0 Å². The third kappa shape index (κ3) is 6.77. The van der Waals surface area contributed by atoms with Crippen LogP contribution in [-0.4, -0.2) is 22.2 Å². The highest BCUT2D eigenvalue weighted by molar-refractivity contribution is 14.1. The van der Waals surface area contributed by atoms with E-state index < -0.39 is 0 Å². The number of halogens is 1. The van der Waals surface area contributed by atoms with Crippen LogP contribution in [0.4, 0.5) is 0 Å². The maximum atomic E-state index is 8.47. The van der Waals surface area contributed by atoms with Crippen LogP contribution in [-0.2, 0) is 0 Å². The second-order valence-corrected chi connectivity index (χ2v) is 3.54. The van der Waals surface area contributed by atoms with Crippen molar-refractivity contribution in [3.63, 3.8) is 0 Å². The maximum Gasteiger partial charge on any atom is 0.0431 e. The molecule has 0 aromatic heterocycles. The fourth-order valence-corrected chi connectivity index (χ4v) is 1.60. The first kappa shape index (κ1) is 10.7. The molecule has 10 heavy (non-hydrogen) atoms. The monoisotopic (exact) mass is 257 g/mol. The van der Waals surface area contributed by atoms with Crippen molar-refractivity contribution in [2.75, 3.05) is 11.0 Å². The van der Waals surface area contributed by atoms with E-state index in [1.165, 1.54) is 0 Å². The van der Waals surface area contributed by atoms with Crippen LogP contribution in [0.25, 0.3) is 0 Å². The van der Waals surface area contributed by atoms with Crippen LogP contribution >= 0.6 is 22.6 Å². The van der Waals surface area contributed by atoms with Gasteiger partial charge in [-0.1, -0.05) is 22.6 Å². The fourth-order valence-electron chi connectivity index (χ4n) is 0.803. The van der Waals surface area contributed by atoms with E-state index in [0.717, 1.165) is 30.1 Å². The Balaban J connectivity index is 2.97. The standard InChI is InChI=1S/C7H16INO/c8-5-4-7(9)3-1-2-6-10/h7,10H,1-6,9H2. The van der Waals surface area contributed by atoms with Gasteiger partial charge in [0.1, 0.15) is 0 Å². The lowest BCUT2D eigenvalue weighted by molar-refractivity contribution is 0.281. The highest BCUT2D eigenvalue weighted by Gasteiger charge is 1.99. The summed E-state index contributed by atoms with van der Waals surface area (Å²) in [7, 11) is 0. The molecule has 0 rings (SSSR count). The quantitative estimate of drug-likeness (QED) is 0.428. The molecule has 1 atom stereocenters. The van der Waals surface area contributed by atoms with E-state index in [9.17, 15) is 0 Å². The Morgan fingerprint density at radius 1 is 1.30 bits per heavy atom.